The minimum absolute atomic E-state index is 0.499. The van der Waals surface area contributed by atoms with E-state index in [1.165, 1.54) is 52.3 Å². The van der Waals surface area contributed by atoms with Crippen molar-refractivity contribution in [2.24, 2.45) is 5.92 Å². The highest BCUT2D eigenvalue weighted by Gasteiger charge is 2.28. The zero-order valence-corrected chi connectivity index (χ0v) is 19.2. The van der Waals surface area contributed by atoms with E-state index in [2.05, 4.69) is 53.3 Å². The number of fused-ring (bicyclic) bond motifs is 1. The van der Waals surface area contributed by atoms with Crippen molar-refractivity contribution in [2.45, 2.75) is 26.2 Å². The summed E-state index contributed by atoms with van der Waals surface area (Å²) in [6.07, 6.45) is 10.2. The molecule has 5 rings (SSSR count). The van der Waals surface area contributed by atoms with Gasteiger partial charge in [0, 0.05) is 18.5 Å². The summed E-state index contributed by atoms with van der Waals surface area (Å²) < 4.78 is 1.18. The summed E-state index contributed by atoms with van der Waals surface area (Å²) in [5.41, 5.74) is 11.0. The fraction of sp³-hybridized carbons (Fsp3) is 0.179. The molecule has 2 aromatic carbocycles. The number of aliphatic carboxylic acids is 1. The number of aryl methyl sites for hydroxylation is 1. The molecule has 1 saturated carbocycles. The van der Waals surface area contributed by atoms with Crippen LogP contribution in [-0.4, -0.2) is 21.0 Å². The summed E-state index contributed by atoms with van der Waals surface area (Å²) in [4.78, 5) is 19.8. The Morgan fingerprint density at radius 2 is 1.88 bits per heavy atom. The average Bonchev–Trinajstić information content (AvgIpc) is 3.25. The highest BCUT2D eigenvalue weighted by molar-refractivity contribution is 7.16. The first kappa shape index (κ1) is 21.3. The Hall–Kier alpha value is -3.57. The minimum atomic E-state index is -0.948. The van der Waals surface area contributed by atoms with E-state index in [0.717, 1.165) is 22.2 Å². The highest BCUT2D eigenvalue weighted by atomic mass is 32.1. The Balaban J connectivity index is 1.74. The summed E-state index contributed by atoms with van der Waals surface area (Å²) in [5, 5.41) is 8.95. The molecule has 0 spiro atoms. The summed E-state index contributed by atoms with van der Waals surface area (Å²) in [5.74, 6) is -0.449. The van der Waals surface area contributed by atoms with Gasteiger partial charge in [0.2, 0.25) is 0 Å². The van der Waals surface area contributed by atoms with Crippen LogP contribution in [0.25, 0.3) is 27.4 Å². The van der Waals surface area contributed by atoms with Gasteiger partial charge in [-0.15, -0.1) is 11.3 Å². The SMILES string of the molecule is Cc1cnccc1/C(=C(\c1ccc(/C=C/C(=O)O)cc1)c1ccc2scnc2c1)C1CCC1. The van der Waals surface area contributed by atoms with Gasteiger partial charge in [-0.1, -0.05) is 36.8 Å². The standard InChI is InChI=1S/C28H24N2O2S/c1-18-16-29-14-13-23(18)28(20-3-2-4-20)27(22-10-11-25-24(15-22)30-17-33-25)21-8-5-19(6-9-21)7-12-26(31)32/h5-17,20H,2-4H2,1H3,(H,31,32)/b12-7+,28-27+. The van der Waals surface area contributed by atoms with Gasteiger partial charge < -0.3 is 5.11 Å². The quantitative estimate of drug-likeness (QED) is 0.325. The maximum Gasteiger partial charge on any atom is 0.328 e. The first-order chi connectivity index (χ1) is 16.1. The molecule has 5 heteroatoms. The van der Waals surface area contributed by atoms with Crippen molar-refractivity contribution in [3.05, 3.63) is 100 Å². The largest absolute Gasteiger partial charge is 0.478 e. The molecular weight excluding hydrogens is 428 g/mol. The Labute approximate surface area is 197 Å². The molecule has 0 saturated heterocycles. The molecule has 0 bridgehead atoms. The van der Waals surface area contributed by atoms with Crippen LogP contribution >= 0.6 is 11.3 Å². The lowest BCUT2D eigenvalue weighted by molar-refractivity contribution is -0.131. The van der Waals surface area contributed by atoms with E-state index in [0.29, 0.717) is 5.92 Å². The predicted octanol–water partition coefficient (Wildman–Crippen LogP) is 6.86. The van der Waals surface area contributed by atoms with Crippen LogP contribution in [0, 0.1) is 12.8 Å². The van der Waals surface area contributed by atoms with Crippen LogP contribution in [0.15, 0.2) is 72.5 Å². The van der Waals surface area contributed by atoms with Crippen molar-refractivity contribution in [2.75, 3.05) is 0 Å². The second-order valence-electron chi connectivity index (χ2n) is 8.44. The number of hydrogen-bond acceptors (Lipinski definition) is 4. The number of allylic oxidation sites excluding steroid dienone is 1. The second kappa shape index (κ2) is 9.12. The van der Waals surface area contributed by atoms with E-state index in [9.17, 15) is 4.79 Å². The molecular formula is C28H24N2O2S. The number of carboxylic acids is 1. The molecule has 0 unspecified atom stereocenters. The van der Waals surface area contributed by atoms with Crippen molar-refractivity contribution in [1.82, 2.24) is 9.97 Å². The maximum atomic E-state index is 10.9. The Morgan fingerprint density at radius 3 is 2.58 bits per heavy atom. The first-order valence-corrected chi connectivity index (χ1v) is 12.0. The molecule has 0 aliphatic heterocycles. The smallest absolute Gasteiger partial charge is 0.328 e. The molecule has 1 fully saturated rings. The van der Waals surface area contributed by atoms with Crippen molar-refractivity contribution >= 4 is 44.7 Å². The summed E-state index contributed by atoms with van der Waals surface area (Å²) in [7, 11) is 0. The average molecular weight is 453 g/mol. The second-order valence-corrected chi connectivity index (χ2v) is 9.32. The predicted molar refractivity (Wildman–Crippen MR) is 135 cm³/mol. The van der Waals surface area contributed by atoms with Crippen molar-refractivity contribution in [3.8, 4) is 0 Å². The molecule has 4 aromatic rings. The molecule has 1 N–H and O–H groups in total. The van der Waals surface area contributed by atoms with Crippen molar-refractivity contribution in [1.29, 1.82) is 0 Å². The molecule has 33 heavy (non-hydrogen) atoms. The van der Waals surface area contributed by atoms with Gasteiger partial charge in [-0.2, -0.15) is 0 Å². The van der Waals surface area contributed by atoms with Gasteiger partial charge in [0.15, 0.2) is 0 Å². The normalized spacial score (nSPS) is 14.9. The Kier molecular flexibility index (Phi) is 5.88. The van der Waals surface area contributed by atoms with Gasteiger partial charge in [-0.05, 0) is 88.9 Å². The zero-order chi connectivity index (χ0) is 22.8. The fourth-order valence-electron chi connectivity index (χ4n) is 4.45. The number of hydrogen-bond donors (Lipinski definition) is 1. The third-order valence-electron chi connectivity index (χ3n) is 6.33. The fourth-order valence-corrected chi connectivity index (χ4v) is 5.11. The van der Waals surface area contributed by atoms with Crippen LogP contribution in [-0.2, 0) is 4.79 Å². The van der Waals surface area contributed by atoms with E-state index < -0.39 is 5.97 Å². The highest BCUT2D eigenvalue weighted by Crippen LogP contribution is 2.46. The van der Waals surface area contributed by atoms with Crippen LogP contribution in [0.1, 0.15) is 47.1 Å². The minimum Gasteiger partial charge on any atom is -0.478 e. The van der Waals surface area contributed by atoms with Crippen molar-refractivity contribution in [3.63, 3.8) is 0 Å². The summed E-state index contributed by atoms with van der Waals surface area (Å²) >= 11 is 1.65. The molecule has 1 aliphatic rings. The van der Waals surface area contributed by atoms with Crippen LogP contribution in [0.4, 0.5) is 0 Å². The molecule has 4 nitrogen and oxygen atoms in total. The number of rotatable bonds is 6. The lowest BCUT2D eigenvalue weighted by atomic mass is 9.72. The molecule has 1 aliphatic carbocycles. The Morgan fingerprint density at radius 1 is 1.09 bits per heavy atom. The van der Waals surface area contributed by atoms with Gasteiger partial charge in [0.05, 0.1) is 15.7 Å². The number of carbonyl (C=O) groups is 1. The number of thiazole rings is 1. The van der Waals surface area contributed by atoms with Crippen molar-refractivity contribution < 1.29 is 9.90 Å². The third kappa shape index (κ3) is 4.37. The third-order valence-corrected chi connectivity index (χ3v) is 7.14. The van der Waals surface area contributed by atoms with Gasteiger partial charge >= 0.3 is 5.97 Å². The van der Waals surface area contributed by atoms with E-state index in [1.54, 1.807) is 17.4 Å². The number of pyridine rings is 1. The van der Waals surface area contributed by atoms with Gasteiger partial charge in [-0.25, -0.2) is 9.78 Å². The summed E-state index contributed by atoms with van der Waals surface area (Å²) in [6, 6.07) is 16.8. The Bertz CT molecular complexity index is 1380. The zero-order valence-electron chi connectivity index (χ0n) is 18.4. The molecule has 164 valence electrons. The monoisotopic (exact) mass is 452 g/mol. The summed E-state index contributed by atoms with van der Waals surface area (Å²) in [6.45, 7) is 2.13. The van der Waals surface area contributed by atoms with Gasteiger partial charge in [0.1, 0.15) is 0 Å². The number of benzene rings is 2. The number of carboxylic acid groups (broad SMARTS) is 1. The van der Waals surface area contributed by atoms with Crippen LogP contribution in [0.5, 0.6) is 0 Å². The molecule has 0 amide bonds. The van der Waals surface area contributed by atoms with E-state index in [-0.39, 0.29) is 0 Å². The number of nitrogens with zero attached hydrogens (tertiary/aromatic N) is 2. The molecule has 0 radical (unpaired) electrons. The lowest BCUT2D eigenvalue weighted by Gasteiger charge is -2.32. The van der Waals surface area contributed by atoms with Gasteiger partial charge in [0.25, 0.3) is 0 Å². The van der Waals surface area contributed by atoms with E-state index in [4.69, 9.17) is 5.11 Å². The van der Waals surface area contributed by atoms with Crippen LogP contribution in [0.3, 0.4) is 0 Å². The van der Waals surface area contributed by atoms with E-state index in [1.807, 2.05) is 30.0 Å². The lowest BCUT2D eigenvalue weighted by Crippen LogP contribution is -2.16. The number of aromatic nitrogens is 2. The topological polar surface area (TPSA) is 63.1 Å². The molecule has 0 atom stereocenters. The van der Waals surface area contributed by atoms with Crippen LogP contribution < -0.4 is 0 Å². The maximum absolute atomic E-state index is 10.9. The van der Waals surface area contributed by atoms with Crippen LogP contribution in [0.2, 0.25) is 0 Å². The van der Waals surface area contributed by atoms with E-state index >= 15 is 0 Å². The molecule has 2 heterocycles. The first-order valence-electron chi connectivity index (χ1n) is 11.1. The van der Waals surface area contributed by atoms with Gasteiger partial charge in [-0.3, -0.25) is 4.98 Å². The molecule has 2 aromatic heterocycles.